The summed E-state index contributed by atoms with van der Waals surface area (Å²) in [7, 11) is 0. The van der Waals surface area contributed by atoms with Gasteiger partial charge in [-0.3, -0.25) is 9.78 Å². The van der Waals surface area contributed by atoms with Gasteiger partial charge in [0, 0.05) is 24.0 Å². The molecule has 0 spiro atoms. The van der Waals surface area contributed by atoms with Gasteiger partial charge >= 0.3 is 0 Å². The molecule has 0 atom stereocenters. The summed E-state index contributed by atoms with van der Waals surface area (Å²) < 4.78 is 1.92. The van der Waals surface area contributed by atoms with Crippen molar-refractivity contribution in [1.29, 1.82) is 0 Å². The van der Waals surface area contributed by atoms with Gasteiger partial charge in [-0.1, -0.05) is 0 Å². The van der Waals surface area contributed by atoms with E-state index < -0.39 is 0 Å². The van der Waals surface area contributed by atoms with E-state index in [9.17, 15) is 4.79 Å². The topological polar surface area (TPSA) is 60.7 Å². The predicted molar refractivity (Wildman–Crippen MR) is 56.9 cm³/mol. The van der Waals surface area contributed by atoms with E-state index in [0.29, 0.717) is 11.9 Å². The lowest BCUT2D eigenvalue weighted by Crippen LogP contribution is -2.02. The van der Waals surface area contributed by atoms with Gasteiger partial charge in [0.2, 0.25) is 0 Å². The van der Waals surface area contributed by atoms with Crippen LogP contribution >= 0.6 is 0 Å². The van der Waals surface area contributed by atoms with Gasteiger partial charge in [0.1, 0.15) is 0 Å². The first kappa shape index (κ1) is 9.21. The van der Waals surface area contributed by atoms with Crippen molar-refractivity contribution in [1.82, 2.24) is 19.7 Å². The monoisotopic (exact) mass is 214 g/mol. The number of aromatic nitrogens is 4. The lowest BCUT2D eigenvalue weighted by Gasteiger charge is -2.05. The Balaban J connectivity index is 2.13. The first-order chi connectivity index (χ1) is 7.90. The number of pyridine rings is 1. The average Bonchev–Trinajstić information content (AvgIpc) is 3.09. The third-order valence-corrected chi connectivity index (χ3v) is 2.68. The molecule has 0 saturated heterocycles. The van der Waals surface area contributed by atoms with Gasteiger partial charge in [-0.15, -0.1) is 10.2 Å². The lowest BCUT2D eigenvalue weighted by molar-refractivity contribution is 0.111. The van der Waals surface area contributed by atoms with Gasteiger partial charge in [-0.05, 0) is 25.0 Å². The quantitative estimate of drug-likeness (QED) is 0.726. The summed E-state index contributed by atoms with van der Waals surface area (Å²) in [5.41, 5.74) is 0.947. The Morgan fingerprint density at radius 1 is 1.25 bits per heavy atom. The summed E-state index contributed by atoms with van der Waals surface area (Å²) in [6.45, 7) is 0. The molecule has 2 heterocycles. The third-order valence-electron chi connectivity index (χ3n) is 2.68. The Morgan fingerprint density at radius 2 is 2.00 bits per heavy atom. The lowest BCUT2D eigenvalue weighted by atomic mass is 10.2. The maximum absolute atomic E-state index is 10.9. The molecule has 0 unspecified atom stereocenters. The molecule has 0 radical (unpaired) electrons. The van der Waals surface area contributed by atoms with E-state index in [1.807, 2.05) is 16.7 Å². The third kappa shape index (κ3) is 1.41. The van der Waals surface area contributed by atoms with Gasteiger partial charge < -0.3 is 4.57 Å². The summed E-state index contributed by atoms with van der Waals surface area (Å²) in [4.78, 5) is 14.8. The molecule has 0 aromatic carbocycles. The van der Waals surface area contributed by atoms with Crippen molar-refractivity contribution in [3.05, 3.63) is 30.4 Å². The average molecular weight is 214 g/mol. The molecule has 80 valence electrons. The summed E-state index contributed by atoms with van der Waals surface area (Å²) in [5.74, 6) is 1.17. The second-order valence-corrected chi connectivity index (χ2v) is 3.84. The zero-order valence-electron chi connectivity index (χ0n) is 8.58. The normalized spacial score (nSPS) is 15.0. The van der Waals surface area contributed by atoms with Gasteiger partial charge in [0.15, 0.2) is 17.9 Å². The van der Waals surface area contributed by atoms with Crippen LogP contribution in [0, 0.1) is 0 Å². The molecule has 0 aliphatic heterocycles. The fourth-order valence-electron chi connectivity index (χ4n) is 1.77. The molecule has 0 bridgehead atoms. The minimum atomic E-state index is 0.387. The number of nitrogens with zero attached hydrogens (tertiary/aromatic N) is 4. The zero-order valence-corrected chi connectivity index (χ0v) is 8.58. The highest BCUT2D eigenvalue weighted by Gasteiger charge is 2.29. The highest BCUT2D eigenvalue weighted by Crippen LogP contribution is 2.38. The summed E-state index contributed by atoms with van der Waals surface area (Å²) in [5, 5.41) is 7.97. The highest BCUT2D eigenvalue weighted by molar-refractivity contribution is 5.71. The van der Waals surface area contributed by atoms with Crippen molar-refractivity contribution in [2.24, 2.45) is 0 Å². The minimum absolute atomic E-state index is 0.387. The number of carbonyl (C=O) groups is 1. The largest absolute Gasteiger partial charge is 0.302 e. The van der Waals surface area contributed by atoms with Crippen molar-refractivity contribution < 1.29 is 4.79 Å². The van der Waals surface area contributed by atoms with Crippen LogP contribution in [-0.2, 0) is 0 Å². The number of hydrogen-bond acceptors (Lipinski definition) is 4. The standard InChI is InChI=1S/C11H10N4O/c16-7-10-13-14-11(15(10)9-1-2-9)8-3-5-12-6-4-8/h3-7,9H,1-2H2. The summed E-state index contributed by atoms with van der Waals surface area (Å²) >= 11 is 0. The SMILES string of the molecule is O=Cc1nnc(-c2ccncc2)n1C1CC1. The number of aldehydes is 1. The smallest absolute Gasteiger partial charge is 0.197 e. The van der Waals surface area contributed by atoms with Gasteiger partial charge in [-0.2, -0.15) is 0 Å². The van der Waals surface area contributed by atoms with Crippen LogP contribution in [0.3, 0.4) is 0 Å². The second-order valence-electron chi connectivity index (χ2n) is 3.84. The Morgan fingerprint density at radius 3 is 2.62 bits per heavy atom. The van der Waals surface area contributed by atoms with E-state index in [1.165, 1.54) is 0 Å². The number of rotatable bonds is 3. The highest BCUT2D eigenvalue weighted by atomic mass is 16.1. The van der Waals surface area contributed by atoms with Crippen molar-refractivity contribution in [3.63, 3.8) is 0 Å². The maximum atomic E-state index is 10.9. The molecular weight excluding hydrogens is 204 g/mol. The van der Waals surface area contributed by atoms with Crippen LogP contribution in [0.25, 0.3) is 11.4 Å². The fraction of sp³-hybridized carbons (Fsp3) is 0.273. The minimum Gasteiger partial charge on any atom is -0.302 e. The van der Waals surface area contributed by atoms with Crippen molar-refractivity contribution in [3.8, 4) is 11.4 Å². The van der Waals surface area contributed by atoms with Gasteiger partial charge in [0.05, 0.1) is 0 Å². The van der Waals surface area contributed by atoms with E-state index in [2.05, 4.69) is 15.2 Å². The molecule has 3 rings (SSSR count). The van der Waals surface area contributed by atoms with E-state index in [-0.39, 0.29) is 0 Å². The van der Waals surface area contributed by atoms with Crippen LogP contribution in [0.2, 0.25) is 0 Å². The summed E-state index contributed by atoms with van der Waals surface area (Å²) in [6.07, 6.45) is 6.37. The molecule has 5 nitrogen and oxygen atoms in total. The van der Waals surface area contributed by atoms with Crippen LogP contribution in [0.4, 0.5) is 0 Å². The molecule has 1 fully saturated rings. The molecular formula is C11H10N4O. The van der Waals surface area contributed by atoms with Gasteiger partial charge in [-0.25, -0.2) is 0 Å². The van der Waals surface area contributed by atoms with Crippen LogP contribution in [0.1, 0.15) is 29.5 Å². The molecule has 5 heteroatoms. The van der Waals surface area contributed by atoms with Crippen LogP contribution in [0.5, 0.6) is 0 Å². The van der Waals surface area contributed by atoms with E-state index in [0.717, 1.165) is 30.5 Å². The first-order valence-electron chi connectivity index (χ1n) is 5.20. The number of carbonyl (C=O) groups excluding carboxylic acids is 1. The Bertz CT molecular complexity index is 516. The molecule has 1 aliphatic carbocycles. The zero-order chi connectivity index (χ0) is 11.0. The van der Waals surface area contributed by atoms with Crippen LogP contribution < -0.4 is 0 Å². The Hall–Kier alpha value is -2.04. The fourth-order valence-corrected chi connectivity index (χ4v) is 1.77. The predicted octanol–water partition coefficient (Wildman–Crippen LogP) is 1.49. The Kier molecular flexibility index (Phi) is 2.02. The van der Waals surface area contributed by atoms with Crippen molar-refractivity contribution >= 4 is 6.29 Å². The van der Waals surface area contributed by atoms with Crippen molar-refractivity contribution in [2.45, 2.75) is 18.9 Å². The second kappa shape index (κ2) is 3.52. The Labute approximate surface area is 92.2 Å². The first-order valence-corrected chi connectivity index (χ1v) is 5.20. The van der Waals surface area contributed by atoms with E-state index in [1.54, 1.807) is 12.4 Å². The van der Waals surface area contributed by atoms with Crippen LogP contribution in [-0.4, -0.2) is 26.0 Å². The van der Waals surface area contributed by atoms with Crippen LogP contribution in [0.15, 0.2) is 24.5 Å². The molecule has 2 aromatic rings. The molecule has 1 saturated carbocycles. The van der Waals surface area contributed by atoms with E-state index in [4.69, 9.17) is 0 Å². The molecule has 16 heavy (non-hydrogen) atoms. The number of hydrogen-bond donors (Lipinski definition) is 0. The molecule has 2 aromatic heterocycles. The van der Waals surface area contributed by atoms with Gasteiger partial charge in [0.25, 0.3) is 0 Å². The maximum Gasteiger partial charge on any atom is 0.197 e. The molecule has 1 aliphatic rings. The van der Waals surface area contributed by atoms with E-state index >= 15 is 0 Å². The van der Waals surface area contributed by atoms with Crippen molar-refractivity contribution in [2.75, 3.05) is 0 Å². The molecule has 0 amide bonds. The molecule has 0 N–H and O–H groups in total. The summed E-state index contributed by atoms with van der Waals surface area (Å²) in [6, 6.07) is 4.13.